The fourth-order valence-electron chi connectivity index (χ4n) is 1.61. The largest absolute Gasteiger partial charge is 0.459 e. The molecule has 1 aliphatic rings. The minimum absolute atomic E-state index is 0.0345. The maximum absolute atomic E-state index is 13.7. The van der Waals surface area contributed by atoms with Crippen LogP contribution < -0.4 is 5.14 Å². The van der Waals surface area contributed by atoms with E-state index in [1.54, 1.807) is 0 Å². The van der Waals surface area contributed by atoms with Gasteiger partial charge in [0, 0.05) is 4.47 Å². The van der Waals surface area contributed by atoms with Crippen LogP contribution in [-0.2, 0) is 14.8 Å². The minimum Gasteiger partial charge on any atom is -0.459 e. The van der Waals surface area contributed by atoms with E-state index in [-0.39, 0.29) is 15.5 Å². The third kappa shape index (κ3) is 3.13. The summed E-state index contributed by atoms with van der Waals surface area (Å²) in [6, 6.07) is 1.77. The molecule has 0 bridgehead atoms. The fraction of sp³-hybridized carbons (Fsp3) is 0.364. The first-order valence-electron chi connectivity index (χ1n) is 5.52. The molecule has 19 heavy (non-hydrogen) atoms. The molecule has 5 nitrogen and oxygen atoms in total. The molecule has 0 aromatic heterocycles. The SMILES string of the molecule is NS(=O)(=O)c1cc(C(=O)OC2CCC2)c(F)cc1Br. The molecule has 0 amide bonds. The van der Waals surface area contributed by atoms with Crippen LogP contribution in [0.5, 0.6) is 0 Å². The van der Waals surface area contributed by atoms with Gasteiger partial charge < -0.3 is 4.74 Å². The van der Waals surface area contributed by atoms with Crippen molar-refractivity contribution in [1.29, 1.82) is 0 Å². The molecule has 1 aromatic rings. The Kier molecular flexibility index (Phi) is 3.93. The summed E-state index contributed by atoms with van der Waals surface area (Å²) in [7, 11) is -4.05. The first-order chi connectivity index (χ1) is 8.79. The maximum Gasteiger partial charge on any atom is 0.341 e. The maximum atomic E-state index is 13.7. The lowest BCUT2D eigenvalue weighted by Gasteiger charge is -2.25. The number of nitrogens with two attached hydrogens (primary N) is 1. The molecule has 0 aliphatic heterocycles. The van der Waals surface area contributed by atoms with Crippen LogP contribution in [0.1, 0.15) is 29.6 Å². The van der Waals surface area contributed by atoms with E-state index in [0.29, 0.717) is 0 Å². The van der Waals surface area contributed by atoms with E-state index in [1.165, 1.54) is 0 Å². The highest BCUT2D eigenvalue weighted by molar-refractivity contribution is 9.10. The lowest BCUT2D eigenvalue weighted by Crippen LogP contribution is -2.26. The van der Waals surface area contributed by atoms with Gasteiger partial charge in [0.15, 0.2) is 0 Å². The predicted octanol–water partition coefficient (Wildman–Crippen LogP) is 1.94. The van der Waals surface area contributed by atoms with Gasteiger partial charge in [0.25, 0.3) is 0 Å². The third-order valence-electron chi connectivity index (χ3n) is 2.87. The molecule has 1 aliphatic carbocycles. The van der Waals surface area contributed by atoms with E-state index in [2.05, 4.69) is 15.9 Å². The first kappa shape index (κ1) is 14.4. The van der Waals surface area contributed by atoms with E-state index in [1.807, 2.05) is 0 Å². The molecule has 8 heteroatoms. The van der Waals surface area contributed by atoms with Crippen molar-refractivity contribution in [2.75, 3.05) is 0 Å². The summed E-state index contributed by atoms with van der Waals surface area (Å²) in [5, 5.41) is 4.98. The lowest BCUT2D eigenvalue weighted by atomic mass is 9.96. The molecule has 0 unspecified atom stereocenters. The Morgan fingerprint density at radius 1 is 1.42 bits per heavy atom. The van der Waals surface area contributed by atoms with Crippen molar-refractivity contribution < 1.29 is 22.3 Å². The predicted molar refractivity (Wildman–Crippen MR) is 68.5 cm³/mol. The topological polar surface area (TPSA) is 86.5 Å². The quantitative estimate of drug-likeness (QED) is 0.843. The molecule has 2 rings (SSSR count). The highest BCUT2D eigenvalue weighted by Gasteiger charge is 2.26. The number of sulfonamides is 1. The summed E-state index contributed by atoms with van der Waals surface area (Å²) in [6.07, 6.45) is 2.23. The van der Waals surface area contributed by atoms with E-state index in [9.17, 15) is 17.6 Å². The average molecular weight is 352 g/mol. The van der Waals surface area contributed by atoms with Crippen molar-refractivity contribution in [3.8, 4) is 0 Å². The summed E-state index contributed by atoms with van der Waals surface area (Å²) in [5.74, 6) is -1.73. The highest BCUT2D eigenvalue weighted by Crippen LogP contribution is 2.27. The van der Waals surface area contributed by atoms with Crippen molar-refractivity contribution in [2.24, 2.45) is 5.14 Å². The number of rotatable bonds is 3. The first-order valence-corrected chi connectivity index (χ1v) is 7.86. The van der Waals surface area contributed by atoms with Crippen LogP contribution in [-0.4, -0.2) is 20.5 Å². The average Bonchev–Trinajstić information content (AvgIpc) is 2.21. The summed E-state index contributed by atoms with van der Waals surface area (Å²) in [6.45, 7) is 0. The second-order valence-corrected chi connectivity index (χ2v) is 6.65. The second-order valence-electron chi connectivity index (χ2n) is 4.27. The Labute approximate surface area is 118 Å². The number of benzene rings is 1. The van der Waals surface area contributed by atoms with E-state index in [4.69, 9.17) is 9.88 Å². The Bertz CT molecular complexity index is 628. The van der Waals surface area contributed by atoms with Gasteiger partial charge in [0.1, 0.15) is 11.9 Å². The van der Waals surface area contributed by atoms with Gasteiger partial charge >= 0.3 is 5.97 Å². The molecule has 1 saturated carbocycles. The highest BCUT2D eigenvalue weighted by atomic mass is 79.9. The smallest absolute Gasteiger partial charge is 0.341 e. The van der Waals surface area contributed by atoms with Crippen LogP contribution in [0, 0.1) is 5.82 Å². The molecule has 0 saturated heterocycles. The Morgan fingerprint density at radius 3 is 2.53 bits per heavy atom. The number of ether oxygens (including phenoxy) is 1. The zero-order chi connectivity index (χ0) is 14.2. The standard InChI is InChI=1S/C11H11BrFNO4S/c12-8-5-9(13)7(4-10(8)19(14,16)17)11(15)18-6-2-1-3-6/h4-6H,1-3H2,(H2,14,16,17). The molecule has 2 N–H and O–H groups in total. The third-order valence-corrected chi connectivity index (χ3v) is 4.74. The van der Waals surface area contributed by atoms with Gasteiger partial charge in [-0.05, 0) is 47.3 Å². The van der Waals surface area contributed by atoms with Gasteiger partial charge in [0.2, 0.25) is 10.0 Å². The lowest BCUT2D eigenvalue weighted by molar-refractivity contribution is 0.00851. The van der Waals surface area contributed by atoms with Gasteiger partial charge in [-0.25, -0.2) is 22.7 Å². The van der Waals surface area contributed by atoms with E-state index < -0.39 is 27.4 Å². The normalized spacial score (nSPS) is 15.9. The van der Waals surface area contributed by atoms with Crippen LogP contribution >= 0.6 is 15.9 Å². The van der Waals surface area contributed by atoms with Crippen LogP contribution in [0.4, 0.5) is 4.39 Å². The van der Waals surface area contributed by atoms with Crippen LogP contribution in [0.25, 0.3) is 0 Å². The molecular formula is C11H11BrFNO4S. The molecule has 0 heterocycles. The van der Waals surface area contributed by atoms with Crippen molar-refractivity contribution in [3.05, 3.63) is 28.0 Å². The second kappa shape index (κ2) is 5.18. The Hall–Kier alpha value is -0.990. The van der Waals surface area contributed by atoms with Crippen LogP contribution in [0.15, 0.2) is 21.5 Å². The molecule has 1 aromatic carbocycles. The Balaban J connectivity index is 2.36. The number of carbonyl (C=O) groups is 1. The van der Waals surface area contributed by atoms with Crippen molar-refractivity contribution in [3.63, 3.8) is 0 Å². The molecule has 1 fully saturated rings. The van der Waals surface area contributed by atoms with Crippen molar-refractivity contribution in [2.45, 2.75) is 30.3 Å². The van der Waals surface area contributed by atoms with Gasteiger partial charge in [-0.1, -0.05) is 0 Å². The van der Waals surface area contributed by atoms with Gasteiger partial charge in [0.05, 0.1) is 10.5 Å². The van der Waals surface area contributed by atoms with E-state index >= 15 is 0 Å². The van der Waals surface area contributed by atoms with Gasteiger partial charge in [-0.15, -0.1) is 0 Å². The molecular weight excluding hydrogens is 341 g/mol. The number of esters is 1. The van der Waals surface area contributed by atoms with E-state index in [0.717, 1.165) is 31.4 Å². The fourth-order valence-corrected chi connectivity index (χ4v) is 3.21. The Morgan fingerprint density at radius 2 is 2.05 bits per heavy atom. The summed E-state index contributed by atoms with van der Waals surface area (Å²) in [4.78, 5) is 11.4. The zero-order valence-electron chi connectivity index (χ0n) is 9.73. The van der Waals surface area contributed by atoms with Crippen molar-refractivity contribution >= 4 is 31.9 Å². The number of halogens is 2. The number of hydrogen-bond acceptors (Lipinski definition) is 4. The summed E-state index contributed by atoms with van der Waals surface area (Å²) >= 11 is 2.89. The number of hydrogen-bond donors (Lipinski definition) is 1. The zero-order valence-corrected chi connectivity index (χ0v) is 12.1. The molecule has 0 atom stereocenters. The van der Waals surface area contributed by atoms with Crippen LogP contribution in [0.2, 0.25) is 0 Å². The van der Waals surface area contributed by atoms with Crippen molar-refractivity contribution in [1.82, 2.24) is 0 Å². The molecule has 0 radical (unpaired) electrons. The van der Waals surface area contributed by atoms with Gasteiger partial charge in [-0.2, -0.15) is 0 Å². The monoisotopic (exact) mass is 351 g/mol. The summed E-state index contributed by atoms with van der Waals surface area (Å²) < 4.78 is 41.3. The minimum atomic E-state index is -4.05. The summed E-state index contributed by atoms with van der Waals surface area (Å²) in [5.41, 5.74) is -0.431. The molecule has 104 valence electrons. The molecule has 0 spiro atoms. The number of primary sulfonamides is 1. The van der Waals surface area contributed by atoms with Gasteiger partial charge in [-0.3, -0.25) is 0 Å². The van der Waals surface area contributed by atoms with Crippen LogP contribution in [0.3, 0.4) is 0 Å². The number of carbonyl (C=O) groups excluding carboxylic acids is 1.